The van der Waals surface area contributed by atoms with Gasteiger partial charge in [-0.25, -0.2) is 4.68 Å². The zero-order valence-corrected chi connectivity index (χ0v) is 13.6. The van der Waals surface area contributed by atoms with Gasteiger partial charge in [-0.3, -0.25) is 4.79 Å². The molecule has 1 heterocycles. The van der Waals surface area contributed by atoms with Gasteiger partial charge in [0.05, 0.1) is 11.4 Å². The summed E-state index contributed by atoms with van der Waals surface area (Å²) in [7, 11) is 0. The van der Waals surface area contributed by atoms with Crippen molar-refractivity contribution in [3.05, 3.63) is 52.3 Å². The van der Waals surface area contributed by atoms with Gasteiger partial charge in [0.2, 0.25) is 0 Å². The molecule has 0 saturated heterocycles. The van der Waals surface area contributed by atoms with Crippen LogP contribution in [0.5, 0.6) is 0 Å². The quantitative estimate of drug-likeness (QED) is 0.804. The largest absolute Gasteiger partial charge is 0.481 e. The van der Waals surface area contributed by atoms with Crippen LogP contribution < -0.4 is 0 Å². The average Bonchev–Trinajstić information content (AvgIpc) is 3.11. The molecule has 1 aromatic heterocycles. The van der Waals surface area contributed by atoms with Crippen LogP contribution in [-0.4, -0.2) is 20.9 Å². The fraction of sp³-hybridized carbons (Fsp3) is 0.333. The fourth-order valence-corrected chi connectivity index (χ4v) is 3.09. The molecule has 23 heavy (non-hydrogen) atoms. The predicted molar refractivity (Wildman–Crippen MR) is 91.1 cm³/mol. The van der Waals surface area contributed by atoms with E-state index < -0.39 is 5.97 Å². The van der Waals surface area contributed by atoms with Gasteiger partial charge in [-0.05, 0) is 62.4 Å². The van der Waals surface area contributed by atoms with E-state index in [1.54, 1.807) is 0 Å². The first kappa shape index (κ1) is 15.8. The molecule has 1 N–H and O–H groups in total. The summed E-state index contributed by atoms with van der Waals surface area (Å²) < 4.78 is 2.01. The Morgan fingerprint density at radius 1 is 1.30 bits per heavy atom. The Kier molecular flexibility index (Phi) is 4.82. The van der Waals surface area contributed by atoms with E-state index in [1.165, 1.54) is 11.3 Å². The Balaban J connectivity index is 1.80. The van der Waals surface area contributed by atoms with Crippen molar-refractivity contribution in [2.45, 2.75) is 38.5 Å². The number of fused-ring (bicyclic) bond motifs is 1. The van der Waals surface area contributed by atoms with E-state index in [4.69, 9.17) is 21.8 Å². The summed E-state index contributed by atoms with van der Waals surface area (Å²) >= 11 is 5.96. The van der Waals surface area contributed by atoms with Gasteiger partial charge in [0.25, 0.3) is 0 Å². The lowest BCUT2D eigenvalue weighted by atomic mass is 10.1. The number of hydrogen-bond acceptors (Lipinski definition) is 2. The zero-order chi connectivity index (χ0) is 16.2. The number of aliphatic carboxylic acids is 1. The zero-order valence-electron chi connectivity index (χ0n) is 12.8. The van der Waals surface area contributed by atoms with Gasteiger partial charge >= 0.3 is 5.97 Å². The smallest absolute Gasteiger partial charge is 0.303 e. The first-order valence-electron chi connectivity index (χ1n) is 7.90. The van der Waals surface area contributed by atoms with Crippen molar-refractivity contribution in [1.82, 2.24) is 9.78 Å². The molecule has 1 aromatic carbocycles. The minimum absolute atomic E-state index is 0.210. The SMILES string of the molecule is O=C(O)CCCC=Cc1nn(-c2ccc(Cl)cc2)c2c1CCC2. The first-order chi connectivity index (χ1) is 11.1. The van der Waals surface area contributed by atoms with Crippen LogP contribution in [-0.2, 0) is 17.6 Å². The highest BCUT2D eigenvalue weighted by Crippen LogP contribution is 2.29. The molecule has 0 radical (unpaired) electrons. The maximum absolute atomic E-state index is 10.5. The van der Waals surface area contributed by atoms with Crippen molar-refractivity contribution in [3.63, 3.8) is 0 Å². The number of benzene rings is 1. The molecular weight excluding hydrogens is 312 g/mol. The standard InChI is InChI=1S/C18H19ClN2O2/c19-13-9-11-14(12-10-13)21-17-7-4-5-15(17)16(20-21)6-2-1-3-8-18(22)23/h2,6,9-12H,1,3-5,7-8H2,(H,22,23). The van der Waals surface area contributed by atoms with E-state index in [0.29, 0.717) is 6.42 Å². The lowest BCUT2D eigenvalue weighted by Gasteiger charge is -2.05. The number of aromatic nitrogens is 2. The fourth-order valence-electron chi connectivity index (χ4n) is 2.96. The number of allylic oxidation sites excluding steroid dienone is 1. The van der Waals surface area contributed by atoms with Crippen LogP contribution in [0.25, 0.3) is 11.8 Å². The van der Waals surface area contributed by atoms with Gasteiger partial charge in [0, 0.05) is 22.7 Å². The molecule has 2 aromatic rings. The van der Waals surface area contributed by atoms with Gasteiger partial charge in [0.1, 0.15) is 0 Å². The topological polar surface area (TPSA) is 55.1 Å². The third-order valence-electron chi connectivity index (χ3n) is 4.07. The predicted octanol–water partition coefficient (Wildman–Crippen LogP) is 4.28. The maximum Gasteiger partial charge on any atom is 0.303 e. The second-order valence-corrected chi connectivity index (χ2v) is 6.18. The molecule has 0 unspecified atom stereocenters. The molecular formula is C18H19ClN2O2. The summed E-state index contributed by atoms with van der Waals surface area (Å²) in [6, 6.07) is 7.71. The molecule has 120 valence electrons. The van der Waals surface area contributed by atoms with Crippen molar-refractivity contribution in [1.29, 1.82) is 0 Å². The Bertz CT molecular complexity index is 732. The highest BCUT2D eigenvalue weighted by atomic mass is 35.5. The molecule has 0 aliphatic heterocycles. The number of carboxylic acid groups (broad SMARTS) is 1. The van der Waals surface area contributed by atoms with Gasteiger partial charge < -0.3 is 5.11 Å². The Morgan fingerprint density at radius 2 is 2.09 bits per heavy atom. The van der Waals surface area contributed by atoms with Crippen LogP contribution in [0.2, 0.25) is 5.02 Å². The lowest BCUT2D eigenvalue weighted by Crippen LogP contribution is -2.00. The highest BCUT2D eigenvalue weighted by molar-refractivity contribution is 6.30. The molecule has 1 aliphatic carbocycles. The average molecular weight is 331 g/mol. The van der Waals surface area contributed by atoms with E-state index in [2.05, 4.69) is 0 Å². The summed E-state index contributed by atoms with van der Waals surface area (Å²) in [5.74, 6) is -0.744. The molecule has 0 fully saturated rings. The summed E-state index contributed by atoms with van der Waals surface area (Å²) in [6.45, 7) is 0. The van der Waals surface area contributed by atoms with E-state index in [-0.39, 0.29) is 6.42 Å². The third kappa shape index (κ3) is 3.64. The van der Waals surface area contributed by atoms with Crippen molar-refractivity contribution < 1.29 is 9.90 Å². The number of unbranched alkanes of at least 4 members (excludes halogenated alkanes) is 1. The van der Waals surface area contributed by atoms with Gasteiger partial charge in [0.15, 0.2) is 0 Å². The molecule has 0 spiro atoms. The van der Waals surface area contributed by atoms with Crippen molar-refractivity contribution in [2.24, 2.45) is 0 Å². The molecule has 0 amide bonds. The molecule has 1 aliphatic rings. The highest BCUT2D eigenvalue weighted by Gasteiger charge is 2.21. The molecule has 5 heteroatoms. The Labute approximate surface area is 140 Å². The third-order valence-corrected chi connectivity index (χ3v) is 4.32. The maximum atomic E-state index is 10.5. The lowest BCUT2D eigenvalue weighted by molar-refractivity contribution is -0.137. The van der Waals surface area contributed by atoms with Crippen LogP contribution >= 0.6 is 11.6 Å². The molecule has 0 atom stereocenters. The summed E-state index contributed by atoms with van der Waals surface area (Å²) in [5, 5.41) is 14.1. The minimum Gasteiger partial charge on any atom is -0.481 e. The van der Waals surface area contributed by atoms with Crippen LogP contribution in [0, 0.1) is 0 Å². The van der Waals surface area contributed by atoms with Crippen molar-refractivity contribution >= 4 is 23.6 Å². The minimum atomic E-state index is -0.744. The second-order valence-electron chi connectivity index (χ2n) is 5.74. The van der Waals surface area contributed by atoms with E-state index in [0.717, 1.165) is 42.1 Å². The van der Waals surface area contributed by atoms with E-state index >= 15 is 0 Å². The summed E-state index contributed by atoms with van der Waals surface area (Å²) in [4.78, 5) is 10.5. The Morgan fingerprint density at radius 3 is 2.83 bits per heavy atom. The Hall–Kier alpha value is -2.07. The molecule has 0 saturated carbocycles. The normalized spacial score (nSPS) is 13.6. The molecule has 4 nitrogen and oxygen atoms in total. The second kappa shape index (κ2) is 7.01. The van der Waals surface area contributed by atoms with E-state index in [1.807, 2.05) is 41.1 Å². The molecule has 0 bridgehead atoms. The number of nitrogens with zero attached hydrogens (tertiary/aromatic N) is 2. The molecule has 3 rings (SSSR count). The number of halogens is 1. The van der Waals surface area contributed by atoms with Crippen LogP contribution in [0.3, 0.4) is 0 Å². The number of hydrogen-bond donors (Lipinski definition) is 1. The summed E-state index contributed by atoms with van der Waals surface area (Å²) in [6.07, 6.45) is 8.92. The van der Waals surface area contributed by atoms with Gasteiger partial charge in [-0.2, -0.15) is 5.10 Å². The van der Waals surface area contributed by atoms with Gasteiger partial charge in [-0.1, -0.05) is 17.7 Å². The van der Waals surface area contributed by atoms with Crippen LogP contribution in [0.4, 0.5) is 0 Å². The number of carbonyl (C=O) groups is 1. The van der Waals surface area contributed by atoms with Crippen molar-refractivity contribution in [3.8, 4) is 5.69 Å². The number of rotatable bonds is 6. The first-order valence-corrected chi connectivity index (χ1v) is 8.28. The number of carboxylic acids is 1. The van der Waals surface area contributed by atoms with Crippen LogP contribution in [0.15, 0.2) is 30.3 Å². The van der Waals surface area contributed by atoms with E-state index in [9.17, 15) is 4.79 Å². The summed E-state index contributed by atoms with van der Waals surface area (Å²) in [5.41, 5.74) is 4.62. The van der Waals surface area contributed by atoms with Crippen molar-refractivity contribution in [2.75, 3.05) is 0 Å². The van der Waals surface area contributed by atoms with Gasteiger partial charge in [-0.15, -0.1) is 0 Å². The van der Waals surface area contributed by atoms with Crippen LogP contribution in [0.1, 0.15) is 42.6 Å². The monoisotopic (exact) mass is 330 g/mol.